The summed E-state index contributed by atoms with van der Waals surface area (Å²) in [5.41, 5.74) is 0.948. The summed E-state index contributed by atoms with van der Waals surface area (Å²) in [4.78, 5) is 16.7. The van der Waals surface area contributed by atoms with Crippen molar-refractivity contribution in [3.05, 3.63) is 17.8 Å². The predicted molar refractivity (Wildman–Crippen MR) is 52.3 cm³/mol. The lowest BCUT2D eigenvalue weighted by molar-refractivity contribution is -0.139. The Balaban J connectivity index is 1.77. The van der Waals surface area contributed by atoms with Crippen LogP contribution >= 0.6 is 0 Å². The van der Waals surface area contributed by atoms with Crippen LogP contribution in [0.25, 0.3) is 0 Å². The monoisotopic (exact) mass is 210 g/mol. The summed E-state index contributed by atoms with van der Waals surface area (Å²) in [6, 6.07) is 0. The molecule has 1 saturated heterocycles. The smallest absolute Gasteiger partial charge is 0.303 e. The Morgan fingerprint density at radius 3 is 3.00 bits per heavy atom. The molecule has 0 bridgehead atoms. The second-order valence-electron chi connectivity index (χ2n) is 4.01. The average molecular weight is 210 g/mol. The van der Waals surface area contributed by atoms with Crippen LogP contribution in [0.1, 0.15) is 17.9 Å². The Morgan fingerprint density at radius 2 is 2.47 bits per heavy atom. The molecule has 2 heterocycles. The summed E-state index contributed by atoms with van der Waals surface area (Å²) in [6.07, 6.45) is 1.72. The molecule has 15 heavy (non-hydrogen) atoms. The third-order valence-electron chi connectivity index (χ3n) is 2.71. The van der Waals surface area contributed by atoms with Crippen LogP contribution in [-0.2, 0) is 11.3 Å². The maximum Gasteiger partial charge on any atom is 0.303 e. The summed E-state index contributed by atoms with van der Waals surface area (Å²) >= 11 is 0. The minimum Gasteiger partial charge on any atom is -0.481 e. The molecule has 1 fully saturated rings. The SMILES string of the molecule is Cc1ocnc1CN1CC(CC(=O)O)C1. The molecule has 1 aromatic rings. The second kappa shape index (κ2) is 4.02. The zero-order valence-electron chi connectivity index (χ0n) is 8.64. The van der Waals surface area contributed by atoms with Gasteiger partial charge in [0.05, 0.1) is 12.1 Å². The topological polar surface area (TPSA) is 66.6 Å². The first-order valence-corrected chi connectivity index (χ1v) is 4.98. The third kappa shape index (κ3) is 2.36. The van der Waals surface area contributed by atoms with Gasteiger partial charge in [0.15, 0.2) is 6.39 Å². The minimum absolute atomic E-state index is 0.272. The van der Waals surface area contributed by atoms with Crippen LogP contribution < -0.4 is 0 Å². The van der Waals surface area contributed by atoms with E-state index in [2.05, 4.69) is 9.88 Å². The molecular weight excluding hydrogens is 196 g/mol. The molecule has 82 valence electrons. The van der Waals surface area contributed by atoms with Crippen molar-refractivity contribution in [3.8, 4) is 0 Å². The van der Waals surface area contributed by atoms with Crippen LogP contribution in [0.3, 0.4) is 0 Å². The number of carbonyl (C=O) groups is 1. The number of aromatic nitrogens is 1. The van der Waals surface area contributed by atoms with Crippen molar-refractivity contribution in [1.29, 1.82) is 0 Å². The molecule has 0 saturated carbocycles. The van der Waals surface area contributed by atoms with Crippen molar-refractivity contribution in [2.24, 2.45) is 5.92 Å². The molecule has 0 spiro atoms. The van der Waals surface area contributed by atoms with Crippen molar-refractivity contribution >= 4 is 5.97 Å². The number of aliphatic carboxylic acids is 1. The van der Waals surface area contributed by atoms with Gasteiger partial charge in [0.1, 0.15) is 5.76 Å². The molecule has 0 aliphatic carbocycles. The van der Waals surface area contributed by atoms with Crippen LogP contribution in [0.2, 0.25) is 0 Å². The van der Waals surface area contributed by atoms with Gasteiger partial charge < -0.3 is 9.52 Å². The van der Waals surface area contributed by atoms with E-state index in [1.54, 1.807) is 0 Å². The summed E-state index contributed by atoms with van der Waals surface area (Å²) in [6.45, 7) is 4.34. The molecule has 1 aromatic heterocycles. The minimum atomic E-state index is -0.711. The Labute approximate surface area is 87.7 Å². The van der Waals surface area contributed by atoms with Gasteiger partial charge in [-0.3, -0.25) is 9.69 Å². The van der Waals surface area contributed by atoms with E-state index in [-0.39, 0.29) is 6.42 Å². The molecular formula is C10H14N2O3. The predicted octanol–water partition coefficient (Wildman–Crippen LogP) is 0.890. The molecule has 0 atom stereocenters. The van der Waals surface area contributed by atoms with Gasteiger partial charge in [0.25, 0.3) is 0 Å². The Hall–Kier alpha value is -1.36. The number of carboxylic acids is 1. The van der Waals surface area contributed by atoms with Gasteiger partial charge >= 0.3 is 5.97 Å². The number of hydrogen-bond donors (Lipinski definition) is 1. The summed E-state index contributed by atoms with van der Waals surface area (Å²) in [5.74, 6) is 0.434. The molecule has 0 aromatic carbocycles. The molecule has 1 N–H and O–H groups in total. The average Bonchev–Trinajstić information content (AvgIpc) is 2.47. The number of carboxylic acid groups (broad SMARTS) is 1. The quantitative estimate of drug-likeness (QED) is 0.799. The fourth-order valence-electron chi connectivity index (χ4n) is 1.87. The summed E-state index contributed by atoms with van der Waals surface area (Å²) in [5, 5.41) is 8.59. The normalized spacial score (nSPS) is 17.7. The second-order valence-corrected chi connectivity index (χ2v) is 4.01. The van der Waals surface area contributed by atoms with Crippen molar-refractivity contribution in [3.63, 3.8) is 0 Å². The Kier molecular flexibility index (Phi) is 2.73. The highest BCUT2D eigenvalue weighted by atomic mass is 16.4. The number of likely N-dealkylation sites (tertiary alicyclic amines) is 1. The first-order chi connectivity index (χ1) is 7.15. The molecule has 1 aliphatic rings. The van der Waals surface area contributed by atoms with Gasteiger partial charge in [-0.2, -0.15) is 0 Å². The van der Waals surface area contributed by atoms with Gasteiger partial charge in [-0.15, -0.1) is 0 Å². The first kappa shape index (κ1) is 10.2. The molecule has 0 unspecified atom stereocenters. The van der Waals surface area contributed by atoms with E-state index in [0.29, 0.717) is 5.92 Å². The molecule has 5 heteroatoms. The Bertz CT molecular complexity index is 355. The van der Waals surface area contributed by atoms with Crippen molar-refractivity contribution in [2.75, 3.05) is 13.1 Å². The zero-order valence-corrected chi connectivity index (χ0v) is 8.64. The van der Waals surface area contributed by atoms with Crippen LogP contribution in [0, 0.1) is 12.8 Å². The van der Waals surface area contributed by atoms with Crippen molar-refractivity contribution < 1.29 is 14.3 Å². The summed E-state index contributed by atoms with van der Waals surface area (Å²) in [7, 11) is 0. The lowest BCUT2D eigenvalue weighted by atomic mass is 9.96. The zero-order chi connectivity index (χ0) is 10.8. The highest BCUT2D eigenvalue weighted by Crippen LogP contribution is 2.21. The van der Waals surface area contributed by atoms with Gasteiger partial charge in [0.2, 0.25) is 0 Å². The van der Waals surface area contributed by atoms with Crippen LogP contribution in [0.15, 0.2) is 10.8 Å². The van der Waals surface area contributed by atoms with Gasteiger partial charge in [-0.05, 0) is 12.8 Å². The lowest BCUT2D eigenvalue weighted by Crippen LogP contribution is -2.46. The van der Waals surface area contributed by atoms with E-state index in [9.17, 15) is 4.79 Å². The van der Waals surface area contributed by atoms with E-state index in [1.165, 1.54) is 6.39 Å². The van der Waals surface area contributed by atoms with E-state index >= 15 is 0 Å². The molecule has 1 aliphatic heterocycles. The molecule has 0 radical (unpaired) electrons. The van der Waals surface area contributed by atoms with E-state index in [4.69, 9.17) is 9.52 Å². The van der Waals surface area contributed by atoms with Gasteiger partial charge in [-0.1, -0.05) is 0 Å². The van der Waals surface area contributed by atoms with Crippen molar-refractivity contribution in [2.45, 2.75) is 19.9 Å². The maximum absolute atomic E-state index is 10.4. The Morgan fingerprint density at radius 1 is 1.73 bits per heavy atom. The molecule has 0 amide bonds. The number of oxazole rings is 1. The van der Waals surface area contributed by atoms with Gasteiger partial charge in [0, 0.05) is 19.6 Å². The fourth-order valence-corrected chi connectivity index (χ4v) is 1.87. The van der Waals surface area contributed by atoms with Crippen LogP contribution in [0.4, 0.5) is 0 Å². The fraction of sp³-hybridized carbons (Fsp3) is 0.600. The van der Waals surface area contributed by atoms with E-state index < -0.39 is 5.97 Å². The van der Waals surface area contributed by atoms with Crippen LogP contribution in [0.5, 0.6) is 0 Å². The summed E-state index contributed by atoms with van der Waals surface area (Å²) < 4.78 is 5.09. The highest BCUT2D eigenvalue weighted by Gasteiger charge is 2.29. The first-order valence-electron chi connectivity index (χ1n) is 4.98. The number of rotatable bonds is 4. The van der Waals surface area contributed by atoms with Crippen molar-refractivity contribution in [1.82, 2.24) is 9.88 Å². The standard InChI is InChI=1S/C10H14N2O3/c1-7-9(11-6-15-7)5-12-3-8(4-12)2-10(13)14/h6,8H,2-5H2,1H3,(H,13,14). The lowest BCUT2D eigenvalue weighted by Gasteiger charge is -2.38. The largest absolute Gasteiger partial charge is 0.481 e. The number of hydrogen-bond acceptors (Lipinski definition) is 4. The van der Waals surface area contributed by atoms with Crippen LogP contribution in [-0.4, -0.2) is 34.0 Å². The molecule has 2 rings (SSSR count). The van der Waals surface area contributed by atoms with Gasteiger partial charge in [-0.25, -0.2) is 4.98 Å². The maximum atomic E-state index is 10.4. The van der Waals surface area contributed by atoms with E-state index in [0.717, 1.165) is 31.1 Å². The molecule has 5 nitrogen and oxygen atoms in total. The third-order valence-corrected chi connectivity index (χ3v) is 2.71. The van der Waals surface area contributed by atoms with E-state index in [1.807, 2.05) is 6.92 Å². The highest BCUT2D eigenvalue weighted by molar-refractivity contribution is 5.67. The number of aryl methyl sites for hydroxylation is 1. The number of nitrogens with zero attached hydrogens (tertiary/aromatic N) is 2.